The van der Waals surface area contributed by atoms with Crippen molar-refractivity contribution in [2.45, 2.75) is 36.1 Å². The molecule has 4 rings (SSSR count). The summed E-state index contributed by atoms with van der Waals surface area (Å²) in [5.74, 6) is 0. The van der Waals surface area contributed by atoms with Crippen molar-refractivity contribution in [2.24, 2.45) is 0 Å². The summed E-state index contributed by atoms with van der Waals surface area (Å²) in [6.45, 7) is 3.72. The maximum absolute atomic E-state index is 8.43. The summed E-state index contributed by atoms with van der Waals surface area (Å²) < 4.78 is 0. The van der Waals surface area contributed by atoms with Gasteiger partial charge in [-0.1, -0.05) is 54.0 Å². The molecule has 18 heteroatoms. The molecule has 0 atom stereocenters. The number of nitriles is 1. The van der Waals surface area contributed by atoms with Crippen LogP contribution in [0.25, 0.3) is 0 Å². The van der Waals surface area contributed by atoms with Crippen LogP contribution < -0.4 is 70.6 Å². The molecule has 42 heavy (non-hydrogen) atoms. The molecular weight excluding hydrogens is 701 g/mol. The van der Waals surface area contributed by atoms with Crippen molar-refractivity contribution in [2.75, 3.05) is 11.5 Å². The van der Waals surface area contributed by atoms with Gasteiger partial charge in [0.1, 0.15) is 15.6 Å². The molecule has 0 saturated carbocycles. The average Bonchev–Trinajstić information content (AvgIpc) is 2.86. The van der Waals surface area contributed by atoms with Gasteiger partial charge in [0.25, 0.3) is 0 Å². The number of hydrogen-bond donors (Lipinski definition) is 2. The molecule has 0 spiro atoms. The van der Waals surface area contributed by atoms with Gasteiger partial charge in [0.05, 0.1) is 10.0 Å². The summed E-state index contributed by atoms with van der Waals surface area (Å²) >= 11 is 31.1. The number of nitrogen functional groups attached to an aromatic ring is 2. The van der Waals surface area contributed by atoms with E-state index >= 15 is 0 Å². The van der Waals surface area contributed by atoms with Crippen molar-refractivity contribution in [3.05, 3.63) is 85.7 Å². The summed E-state index contributed by atoms with van der Waals surface area (Å²) in [7, 11) is 0. The first kappa shape index (κ1) is 48.8. The Morgan fingerprint density at radius 1 is 0.762 bits per heavy atom. The molecule has 0 aliphatic carbocycles. The Morgan fingerprint density at radius 2 is 1.21 bits per heavy atom. The number of nitrogens with zero attached hydrogens (tertiary/aromatic N) is 5. The van der Waals surface area contributed by atoms with E-state index in [1.165, 1.54) is 18.0 Å². The van der Waals surface area contributed by atoms with Crippen molar-refractivity contribution < 1.29 is 66.0 Å². The zero-order valence-electron chi connectivity index (χ0n) is 23.2. The second kappa shape index (κ2) is 25.1. The van der Waals surface area contributed by atoms with Crippen molar-refractivity contribution in [1.82, 2.24) is 19.9 Å². The molecule has 3 radical (unpaired) electrons. The minimum absolute atomic E-state index is 0. The van der Waals surface area contributed by atoms with Gasteiger partial charge < -0.3 is 18.4 Å². The van der Waals surface area contributed by atoms with Crippen LogP contribution in [0.4, 0.5) is 11.4 Å². The van der Waals surface area contributed by atoms with Crippen LogP contribution in [0.5, 0.6) is 0 Å². The minimum Gasteiger partial charge on any atom is -1.00 e. The van der Waals surface area contributed by atoms with Gasteiger partial charge in [-0.2, -0.15) is 5.26 Å². The minimum atomic E-state index is 0. The molecule has 0 aliphatic heterocycles. The summed E-state index contributed by atoms with van der Waals surface area (Å²) in [6, 6.07) is 10.5. The Hall–Kier alpha value is -0.135. The van der Waals surface area contributed by atoms with E-state index in [4.69, 9.17) is 74.7 Å². The quantitative estimate of drug-likeness (QED) is 0.0804. The van der Waals surface area contributed by atoms with E-state index in [0.717, 1.165) is 37.7 Å². The largest absolute Gasteiger partial charge is 1.00 e. The fourth-order valence-electron chi connectivity index (χ4n) is 2.36. The van der Waals surface area contributed by atoms with E-state index in [1.54, 1.807) is 30.5 Å². The smallest absolute Gasteiger partial charge is 1.00 e. The van der Waals surface area contributed by atoms with Gasteiger partial charge in [0.15, 0.2) is 0 Å². The molecule has 8 nitrogen and oxygen atoms in total. The molecule has 0 unspecified atom stereocenters. The topological polar surface area (TPSA) is 157 Å². The fourth-order valence-corrected chi connectivity index (χ4v) is 4.80. The predicted octanol–water partition coefficient (Wildman–Crippen LogP) is 2.61. The zero-order valence-corrected chi connectivity index (χ0v) is 31.7. The van der Waals surface area contributed by atoms with Crippen molar-refractivity contribution in [1.29, 1.82) is 5.26 Å². The third-order valence-electron chi connectivity index (χ3n) is 4.35. The van der Waals surface area contributed by atoms with Gasteiger partial charge in [-0.15, -0.1) is 0 Å². The second-order valence-electron chi connectivity index (χ2n) is 6.79. The molecule has 0 fully saturated rings. The van der Waals surface area contributed by atoms with Gasteiger partial charge in [-0.3, -0.25) is 0 Å². The predicted molar refractivity (Wildman–Crippen MR) is 171 cm³/mol. The SMILES string of the molecule is C.Cc1c(N)ccc(SC#N)c1Cl.Cc1c(N)ccc(Sc2ccnc(Cl)n2)c1Cl.Clc1ccnc(Cl)n1.[B].[H-].[Na+].[Na+].[OH-]. The number of thiocyanates is 1. The van der Waals surface area contributed by atoms with Crippen LogP contribution in [-0.4, -0.2) is 33.8 Å². The van der Waals surface area contributed by atoms with E-state index in [2.05, 4.69) is 19.9 Å². The van der Waals surface area contributed by atoms with Gasteiger partial charge in [-0.25, -0.2) is 19.9 Å². The first-order valence-electron chi connectivity index (χ1n) is 9.99. The van der Waals surface area contributed by atoms with Crippen LogP contribution in [0.2, 0.25) is 25.8 Å². The van der Waals surface area contributed by atoms with Gasteiger partial charge in [-0.05, 0) is 96.3 Å². The summed E-state index contributed by atoms with van der Waals surface area (Å²) in [5.41, 5.74) is 14.4. The molecular formula is C24H24BCl5N7Na2OS2. The third kappa shape index (κ3) is 16.3. The summed E-state index contributed by atoms with van der Waals surface area (Å²) in [4.78, 5) is 16.8. The Kier molecular flexibility index (Phi) is 29.1. The third-order valence-corrected chi connectivity index (χ3v) is 7.77. The first-order valence-corrected chi connectivity index (χ1v) is 13.5. The number of thioether (sulfide) groups is 1. The Labute approximate surface area is 327 Å². The van der Waals surface area contributed by atoms with E-state index in [-0.39, 0.29) is 92.4 Å². The zero-order chi connectivity index (χ0) is 27.5. The number of anilines is 2. The molecule has 2 aromatic carbocycles. The number of hydrogen-bond acceptors (Lipinski definition) is 10. The molecule has 0 amide bonds. The molecule has 0 saturated heterocycles. The van der Waals surface area contributed by atoms with E-state index in [9.17, 15) is 0 Å². The van der Waals surface area contributed by atoms with Gasteiger partial charge in [0, 0.05) is 42.0 Å². The van der Waals surface area contributed by atoms with E-state index in [1.807, 2.05) is 31.4 Å². The van der Waals surface area contributed by atoms with E-state index in [0.29, 0.717) is 26.6 Å². The van der Waals surface area contributed by atoms with Crippen LogP contribution in [0.1, 0.15) is 20.0 Å². The number of benzene rings is 2. The molecule has 5 N–H and O–H groups in total. The number of aromatic nitrogens is 4. The van der Waals surface area contributed by atoms with Crippen LogP contribution >= 0.6 is 81.5 Å². The van der Waals surface area contributed by atoms with Crippen molar-refractivity contribution >= 4 is 101 Å². The van der Waals surface area contributed by atoms with Crippen molar-refractivity contribution in [3.63, 3.8) is 0 Å². The van der Waals surface area contributed by atoms with Crippen LogP contribution in [0.15, 0.2) is 63.6 Å². The second-order valence-corrected chi connectivity index (χ2v) is 10.5. The van der Waals surface area contributed by atoms with E-state index < -0.39 is 0 Å². The molecule has 2 aromatic heterocycles. The van der Waals surface area contributed by atoms with Crippen LogP contribution in [0, 0.1) is 24.5 Å². The van der Waals surface area contributed by atoms with Gasteiger partial charge >= 0.3 is 59.1 Å². The molecule has 0 bridgehead atoms. The summed E-state index contributed by atoms with van der Waals surface area (Å²) in [6.07, 6.45) is 3.10. The fraction of sp³-hybridized carbons (Fsp3) is 0.125. The number of rotatable bonds is 3. The van der Waals surface area contributed by atoms with Crippen molar-refractivity contribution in [3.8, 4) is 5.40 Å². The average molecular weight is 725 g/mol. The maximum atomic E-state index is 8.43. The molecule has 0 aliphatic rings. The summed E-state index contributed by atoms with van der Waals surface area (Å²) in [5, 5.41) is 13.1. The van der Waals surface area contributed by atoms with Gasteiger partial charge in [0.2, 0.25) is 10.6 Å². The normalized spacial score (nSPS) is 8.71. The Balaban J connectivity index is -0.000000166. The standard InChI is InChI=1S/C11H9Cl2N3S.C8H7ClN2S.C4H2Cl2N2.CH4.B.2Na.H2O.H/c1-6-7(14)2-3-8(10(6)12)17-9-4-5-15-11(13)16-9;1-5-6(11)2-3-7(8(5)9)12-4-10;5-3-1-2-7-4(6)8-3;;;;;;/h2-5H,14H2,1H3;2-3H,11H2,1H3;1-2H;1H4;;;;1H2;/q;;;;;2*+1;;-1/p-1. The first-order chi connectivity index (χ1) is 17.5. The van der Waals surface area contributed by atoms with Crippen LogP contribution in [0.3, 0.4) is 0 Å². The monoisotopic (exact) mass is 722 g/mol. The Morgan fingerprint density at radius 3 is 1.64 bits per heavy atom. The van der Waals surface area contributed by atoms with Crippen LogP contribution in [-0.2, 0) is 0 Å². The molecule has 4 aromatic rings. The number of nitrogens with two attached hydrogens (primary N) is 2. The molecule has 213 valence electrons. The molecule has 2 heterocycles. The maximum Gasteiger partial charge on any atom is 1.00 e. The number of halogens is 5. The Bertz CT molecular complexity index is 1430.